The van der Waals surface area contributed by atoms with Crippen LogP contribution in [0.2, 0.25) is 0 Å². The number of nitro benzene ring substituents is 1. The summed E-state index contributed by atoms with van der Waals surface area (Å²) < 4.78 is 0.720. The molecule has 0 N–H and O–H groups in total. The Balaban J connectivity index is 2.16. The molecule has 1 aromatic rings. The van der Waals surface area contributed by atoms with E-state index < -0.39 is 0 Å². The van der Waals surface area contributed by atoms with Crippen LogP contribution in [-0.4, -0.2) is 18.0 Å². The van der Waals surface area contributed by atoms with Crippen molar-refractivity contribution < 1.29 is 4.92 Å². The molecule has 1 aromatic carbocycles. The van der Waals surface area contributed by atoms with Gasteiger partial charge in [-0.3, -0.25) is 10.1 Å². The zero-order chi connectivity index (χ0) is 13.0. The summed E-state index contributed by atoms with van der Waals surface area (Å²) in [6, 6.07) is 5.43. The molecule has 0 saturated carbocycles. The smallest absolute Gasteiger partial charge is 0.282 e. The predicted octanol–water partition coefficient (Wildman–Crippen LogP) is 3.97. The molecule has 1 aliphatic rings. The van der Waals surface area contributed by atoms with Gasteiger partial charge in [0.15, 0.2) is 0 Å². The van der Waals surface area contributed by atoms with E-state index in [2.05, 4.69) is 4.90 Å². The van der Waals surface area contributed by atoms with Gasteiger partial charge in [0.1, 0.15) is 0 Å². The van der Waals surface area contributed by atoms with E-state index in [9.17, 15) is 10.1 Å². The summed E-state index contributed by atoms with van der Waals surface area (Å²) in [5.74, 6) is 0. The molecule has 0 radical (unpaired) electrons. The molecule has 1 heterocycles. The van der Waals surface area contributed by atoms with E-state index in [4.69, 9.17) is 0 Å². The van der Waals surface area contributed by atoms with Crippen LogP contribution in [0, 0.1) is 13.7 Å². The van der Waals surface area contributed by atoms with E-state index in [1.54, 1.807) is 6.07 Å². The largest absolute Gasteiger partial charge is 0.372 e. The number of nitro groups is 1. The molecular weight excluding hydrogens is 343 g/mol. The maximum absolute atomic E-state index is 10.8. The fourth-order valence-electron chi connectivity index (χ4n) is 2.35. The molecular formula is C13H17IN2O2. The van der Waals surface area contributed by atoms with Crippen LogP contribution in [0.1, 0.15) is 32.1 Å². The van der Waals surface area contributed by atoms with Gasteiger partial charge in [-0.1, -0.05) is 19.3 Å². The SMILES string of the molecule is O=[N+]([O-])c1ccc(N2CCCCCCC2)cc1I. The fraction of sp³-hybridized carbons (Fsp3) is 0.538. The molecule has 0 aromatic heterocycles. The molecule has 1 saturated heterocycles. The summed E-state index contributed by atoms with van der Waals surface area (Å²) in [4.78, 5) is 12.8. The van der Waals surface area contributed by atoms with Crippen LogP contribution < -0.4 is 4.90 Å². The lowest BCUT2D eigenvalue weighted by atomic mass is 10.1. The Hall–Kier alpha value is -0.850. The normalized spacial score (nSPS) is 17.1. The first-order chi connectivity index (χ1) is 8.68. The van der Waals surface area contributed by atoms with Crippen LogP contribution in [0.25, 0.3) is 0 Å². The molecule has 18 heavy (non-hydrogen) atoms. The van der Waals surface area contributed by atoms with Gasteiger partial charge in [0.05, 0.1) is 8.49 Å². The van der Waals surface area contributed by atoms with Gasteiger partial charge in [0.25, 0.3) is 5.69 Å². The molecule has 0 atom stereocenters. The van der Waals surface area contributed by atoms with Crippen molar-refractivity contribution in [2.45, 2.75) is 32.1 Å². The van der Waals surface area contributed by atoms with E-state index in [1.807, 2.05) is 34.7 Å². The number of nitrogens with zero attached hydrogens (tertiary/aromatic N) is 2. The van der Waals surface area contributed by atoms with Crippen LogP contribution in [0.5, 0.6) is 0 Å². The lowest BCUT2D eigenvalue weighted by Crippen LogP contribution is -2.27. The molecule has 1 fully saturated rings. The van der Waals surface area contributed by atoms with Crippen LogP contribution >= 0.6 is 22.6 Å². The maximum Gasteiger partial charge on any atom is 0.282 e. The summed E-state index contributed by atoms with van der Waals surface area (Å²) >= 11 is 2.05. The van der Waals surface area contributed by atoms with Crippen LogP contribution in [0.4, 0.5) is 11.4 Å². The van der Waals surface area contributed by atoms with Gasteiger partial charge < -0.3 is 4.90 Å². The molecule has 0 bridgehead atoms. The monoisotopic (exact) mass is 360 g/mol. The van der Waals surface area contributed by atoms with Gasteiger partial charge in [0, 0.05) is 24.8 Å². The number of hydrogen-bond donors (Lipinski definition) is 0. The fourth-order valence-corrected chi connectivity index (χ4v) is 3.04. The number of rotatable bonds is 2. The van der Waals surface area contributed by atoms with Crippen molar-refractivity contribution in [2.75, 3.05) is 18.0 Å². The van der Waals surface area contributed by atoms with Crippen molar-refractivity contribution in [1.29, 1.82) is 0 Å². The number of benzene rings is 1. The summed E-state index contributed by atoms with van der Waals surface area (Å²) in [5, 5.41) is 10.8. The Bertz CT molecular complexity index is 429. The van der Waals surface area contributed by atoms with E-state index >= 15 is 0 Å². The van der Waals surface area contributed by atoms with Gasteiger partial charge in [-0.05, 0) is 47.6 Å². The Morgan fingerprint density at radius 1 is 1.11 bits per heavy atom. The number of halogens is 1. The van der Waals surface area contributed by atoms with Gasteiger partial charge in [0.2, 0.25) is 0 Å². The second-order valence-electron chi connectivity index (χ2n) is 4.65. The minimum atomic E-state index is -0.320. The Morgan fingerprint density at radius 3 is 2.28 bits per heavy atom. The highest BCUT2D eigenvalue weighted by atomic mass is 127. The summed E-state index contributed by atoms with van der Waals surface area (Å²) in [7, 11) is 0. The first kappa shape index (κ1) is 13.6. The standard InChI is InChI=1S/C13H17IN2O2/c14-12-10-11(6-7-13(12)16(17)18)15-8-4-2-1-3-5-9-15/h6-7,10H,1-5,8-9H2. The van der Waals surface area contributed by atoms with Crippen molar-refractivity contribution in [3.8, 4) is 0 Å². The zero-order valence-electron chi connectivity index (χ0n) is 10.3. The summed E-state index contributed by atoms with van der Waals surface area (Å²) in [6.45, 7) is 2.13. The number of anilines is 1. The second-order valence-corrected chi connectivity index (χ2v) is 5.81. The Labute approximate surface area is 121 Å². The molecule has 0 amide bonds. The van der Waals surface area contributed by atoms with Gasteiger partial charge in [-0.2, -0.15) is 0 Å². The quantitative estimate of drug-likeness (QED) is 0.456. The molecule has 0 spiro atoms. The molecule has 0 aliphatic carbocycles. The Morgan fingerprint density at radius 2 is 1.72 bits per heavy atom. The predicted molar refractivity (Wildman–Crippen MR) is 81.1 cm³/mol. The molecule has 4 nitrogen and oxygen atoms in total. The third-order valence-electron chi connectivity index (χ3n) is 3.35. The first-order valence-corrected chi connectivity index (χ1v) is 7.45. The third kappa shape index (κ3) is 3.34. The van der Waals surface area contributed by atoms with Crippen molar-refractivity contribution in [2.24, 2.45) is 0 Å². The minimum Gasteiger partial charge on any atom is -0.372 e. The van der Waals surface area contributed by atoms with E-state index in [0.717, 1.165) is 22.3 Å². The average Bonchev–Trinajstić information content (AvgIpc) is 2.27. The zero-order valence-corrected chi connectivity index (χ0v) is 12.4. The molecule has 0 unspecified atom stereocenters. The van der Waals surface area contributed by atoms with Crippen LogP contribution in [0.15, 0.2) is 18.2 Å². The average molecular weight is 360 g/mol. The first-order valence-electron chi connectivity index (χ1n) is 6.37. The molecule has 5 heteroatoms. The van der Waals surface area contributed by atoms with E-state index in [1.165, 1.54) is 32.1 Å². The van der Waals surface area contributed by atoms with Crippen molar-refractivity contribution in [3.63, 3.8) is 0 Å². The van der Waals surface area contributed by atoms with Crippen molar-refractivity contribution in [1.82, 2.24) is 0 Å². The van der Waals surface area contributed by atoms with Crippen LogP contribution in [-0.2, 0) is 0 Å². The topological polar surface area (TPSA) is 46.4 Å². The molecule has 2 rings (SSSR count). The maximum atomic E-state index is 10.8. The van der Waals surface area contributed by atoms with Crippen molar-refractivity contribution >= 4 is 34.0 Å². The summed E-state index contributed by atoms with van der Waals surface area (Å²) in [6.07, 6.45) is 6.36. The lowest BCUT2D eigenvalue weighted by Gasteiger charge is -2.26. The summed E-state index contributed by atoms with van der Waals surface area (Å²) in [5.41, 5.74) is 1.32. The van der Waals surface area contributed by atoms with Crippen molar-refractivity contribution in [3.05, 3.63) is 31.9 Å². The van der Waals surface area contributed by atoms with Gasteiger partial charge in [-0.15, -0.1) is 0 Å². The second kappa shape index (κ2) is 6.36. The lowest BCUT2D eigenvalue weighted by molar-refractivity contribution is -0.385. The van der Waals surface area contributed by atoms with Gasteiger partial charge in [-0.25, -0.2) is 0 Å². The highest BCUT2D eigenvalue weighted by Crippen LogP contribution is 2.27. The van der Waals surface area contributed by atoms with Crippen LogP contribution in [0.3, 0.4) is 0 Å². The highest BCUT2D eigenvalue weighted by Gasteiger charge is 2.15. The van der Waals surface area contributed by atoms with E-state index in [-0.39, 0.29) is 10.6 Å². The van der Waals surface area contributed by atoms with Gasteiger partial charge >= 0.3 is 0 Å². The minimum absolute atomic E-state index is 0.200. The van der Waals surface area contributed by atoms with E-state index in [0.29, 0.717) is 0 Å². The number of hydrogen-bond acceptors (Lipinski definition) is 3. The molecule has 98 valence electrons. The highest BCUT2D eigenvalue weighted by molar-refractivity contribution is 14.1. The molecule has 1 aliphatic heterocycles. The Kier molecular flexibility index (Phi) is 4.79. The third-order valence-corrected chi connectivity index (χ3v) is 4.21.